The number of nitro groups is 1. The maximum absolute atomic E-state index is 11.0. The highest BCUT2D eigenvalue weighted by molar-refractivity contribution is 5.58. The van der Waals surface area contributed by atoms with Crippen molar-refractivity contribution in [2.45, 2.75) is 24.4 Å². The quantitative estimate of drug-likeness (QED) is 0.638. The molecular formula is C16H13NO3. The molecule has 2 aromatic carbocycles. The summed E-state index contributed by atoms with van der Waals surface area (Å²) >= 11 is 0. The van der Waals surface area contributed by atoms with Gasteiger partial charge in [0.15, 0.2) is 0 Å². The third-order valence-electron chi connectivity index (χ3n) is 4.56. The molecule has 2 aromatic rings. The van der Waals surface area contributed by atoms with Crippen molar-refractivity contribution in [3.05, 3.63) is 74.8 Å². The van der Waals surface area contributed by atoms with Crippen LogP contribution in [0.25, 0.3) is 0 Å². The third kappa shape index (κ3) is 1.40. The first-order valence-electron chi connectivity index (χ1n) is 6.72. The number of benzene rings is 2. The van der Waals surface area contributed by atoms with Crippen LogP contribution in [0, 0.1) is 10.1 Å². The van der Waals surface area contributed by atoms with Gasteiger partial charge in [0.25, 0.3) is 5.69 Å². The summed E-state index contributed by atoms with van der Waals surface area (Å²) in [5.74, 6) is 0.0214. The van der Waals surface area contributed by atoms with Crippen molar-refractivity contribution in [3.8, 4) is 0 Å². The Kier molecular flexibility index (Phi) is 2.26. The molecule has 0 unspecified atom stereocenters. The smallest absolute Gasteiger partial charge is 0.269 e. The lowest BCUT2D eigenvalue weighted by molar-refractivity contribution is -0.385. The zero-order valence-electron chi connectivity index (χ0n) is 10.7. The van der Waals surface area contributed by atoms with Crippen molar-refractivity contribution in [1.82, 2.24) is 0 Å². The van der Waals surface area contributed by atoms with Crippen LogP contribution in [0.3, 0.4) is 0 Å². The van der Waals surface area contributed by atoms with Gasteiger partial charge < -0.3 is 5.11 Å². The summed E-state index contributed by atoms with van der Waals surface area (Å²) < 4.78 is 0. The summed E-state index contributed by atoms with van der Waals surface area (Å²) in [6, 6.07) is 13.1. The summed E-state index contributed by atoms with van der Waals surface area (Å²) in [6.45, 7) is 0. The Bertz CT molecular complexity index is 725. The van der Waals surface area contributed by atoms with Crippen molar-refractivity contribution in [2.75, 3.05) is 0 Å². The molecule has 0 amide bonds. The van der Waals surface area contributed by atoms with E-state index in [9.17, 15) is 15.2 Å². The van der Waals surface area contributed by atoms with E-state index in [2.05, 4.69) is 6.07 Å². The third-order valence-corrected chi connectivity index (χ3v) is 4.56. The molecule has 1 N–H and O–H groups in total. The standard InChI is InChI=1S/C16H13NO3/c18-15-8-13-10-3-1-2-4-12(10)16(15)14-7-9(17(19)20)5-6-11(13)14/h1-7,13,15-16,18H,8H2/t13-,15-,16+/m0/s1. The second-order valence-corrected chi connectivity index (χ2v) is 5.53. The summed E-state index contributed by atoms with van der Waals surface area (Å²) in [7, 11) is 0. The van der Waals surface area contributed by atoms with Crippen LogP contribution in [0.1, 0.15) is 40.5 Å². The molecule has 0 aromatic heterocycles. The van der Waals surface area contributed by atoms with E-state index in [-0.39, 0.29) is 22.4 Å². The summed E-state index contributed by atoms with van der Waals surface area (Å²) in [5, 5.41) is 21.3. The predicted molar refractivity (Wildman–Crippen MR) is 73.8 cm³/mol. The van der Waals surface area contributed by atoms with Gasteiger partial charge in [0, 0.05) is 24.0 Å². The molecule has 0 spiro atoms. The molecule has 100 valence electrons. The van der Waals surface area contributed by atoms with Gasteiger partial charge in [-0.25, -0.2) is 0 Å². The minimum Gasteiger partial charge on any atom is -0.392 e. The van der Waals surface area contributed by atoms with E-state index >= 15 is 0 Å². The van der Waals surface area contributed by atoms with Gasteiger partial charge in [0.05, 0.1) is 11.0 Å². The highest BCUT2D eigenvalue weighted by atomic mass is 16.6. The number of non-ortho nitro benzene ring substituents is 1. The Labute approximate surface area is 115 Å². The van der Waals surface area contributed by atoms with Gasteiger partial charge in [-0.2, -0.15) is 0 Å². The molecule has 20 heavy (non-hydrogen) atoms. The van der Waals surface area contributed by atoms with Crippen molar-refractivity contribution in [2.24, 2.45) is 0 Å². The number of rotatable bonds is 1. The average molecular weight is 267 g/mol. The van der Waals surface area contributed by atoms with Crippen LogP contribution >= 0.6 is 0 Å². The molecule has 4 heteroatoms. The van der Waals surface area contributed by atoms with Gasteiger partial charge in [-0.1, -0.05) is 30.3 Å². The second kappa shape index (κ2) is 3.90. The van der Waals surface area contributed by atoms with E-state index < -0.39 is 6.10 Å². The normalized spacial score (nSPS) is 25.9. The molecular weight excluding hydrogens is 254 g/mol. The second-order valence-electron chi connectivity index (χ2n) is 5.53. The van der Waals surface area contributed by atoms with Crippen LogP contribution in [-0.4, -0.2) is 16.1 Å². The van der Waals surface area contributed by atoms with Gasteiger partial charge in [-0.3, -0.25) is 10.1 Å². The Morgan fingerprint density at radius 2 is 1.75 bits per heavy atom. The zero-order chi connectivity index (χ0) is 13.9. The van der Waals surface area contributed by atoms with Crippen LogP contribution in [0.4, 0.5) is 5.69 Å². The summed E-state index contributed by atoms with van der Waals surface area (Å²) in [5.41, 5.74) is 4.51. The molecule has 0 heterocycles. The maximum Gasteiger partial charge on any atom is 0.269 e. The van der Waals surface area contributed by atoms with Crippen LogP contribution in [-0.2, 0) is 0 Å². The summed E-state index contributed by atoms with van der Waals surface area (Å²) in [4.78, 5) is 10.6. The molecule has 3 atom stereocenters. The topological polar surface area (TPSA) is 63.4 Å². The maximum atomic E-state index is 11.0. The molecule has 0 radical (unpaired) electrons. The first-order chi connectivity index (χ1) is 9.66. The van der Waals surface area contributed by atoms with E-state index in [0.717, 1.165) is 16.7 Å². The number of hydrogen-bond acceptors (Lipinski definition) is 3. The Hall–Kier alpha value is -2.20. The number of hydrogen-bond donors (Lipinski definition) is 1. The molecule has 0 saturated carbocycles. The van der Waals surface area contributed by atoms with Gasteiger partial charge in [-0.15, -0.1) is 0 Å². The molecule has 3 aliphatic rings. The SMILES string of the molecule is O=[N+]([O-])c1ccc2c(c1)[C@H]1c3ccccc3[C@@H]2C[C@@H]1O. The van der Waals surface area contributed by atoms with Crippen LogP contribution in [0.2, 0.25) is 0 Å². The van der Waals surface area contributed by atoms with E-state index in [1.54, 1.807) is 12.1 Å². The van der Waals surface area contributed by atoms with Crippen molar-refractivity contribution >= 4 is 5.69 Å². The lowest BCUT2D eigenvalue weighted by atomic mass is 9.62. The number of nitrogens with zero attached hydrogens (tertiary/aromatic N) is 1. The Morgan fingerprint density at radius 1 is 1.05 bits per heavy atom. The number of aliphatic hydroxyl groups is 1. The number of nitro benzene ring substituents is 1. The largest absolute Gasteiger partial charge is 0.392 e. The average Bonchev–Trinajstić information content (AvgIpc) is 2.46. The minimum absolute atomic E-state index is 0.0981. The lowest BCUT2D eigenvalue weighted by Gasteiger charge is -2.43. The van der Waals surface area contributed by atoms with Crippen molar-refractivity contribution < 1.29 is 10.0 Å². The Morgan fingerprint density at radius 3 is 2.50 bits per heavy atom. The summed E-state index contributed by atoms with van der Waals surface area (Å²) in [6.07, 6.45) is 0.247. The molecule has 2 bridgehead atoms. The fraction of sp³-hybridized carbons (Fsp3) is 0.250. The van der Waals surface area contributed by atoms with Gasteiger partial charge in [0.1, 0.15) is 0 Å². The number of fused-ring (bicyclic) bond motifs is 1. The first kappa shape index (κ1) is 11.6. The molecule has 4 nitrogen and oxygen atoms in total. The molecule has 3 aliphatic carbocycles. The van der Waals surface area contributed by atoms with Crippen molar-refractivity contribution in [1.29, 1.82) is 0 Å². The van der Waals surface area contributed by atoms with E-state index in [1.807, 2.05) is 24.3 Å². The minimum atomic E-state index is -0.454. The molecule has 0 fully saturated rings. The van der Waals surface area contributed by atoms with Crippen LogP contribution < -0.4 is 0 Å². The molecule has 5 rings (SSSR count). The highest BCUT2D eigenvalue weighted by Crippen LogP contribution is 2.53. The van der Waals surface area contributed by atoms with Gasteiger partial charge in [0.2, 0.25) is 0 Å². The van der Waals surface area contributed by atoms with Gasteiger partial charge >= 0.3 is 0 Å². The molecule has 0 aliphatic heterocycles. The predicted octanol–water partition coefficient (Wildman–Crippen LogP) is 2.94. The fourth-order valence-electron chi connectivity index (χ4n) is 3.75. The monoisotopic (exact) mass is 267 g/mol. The zero-order valence-corrected chi connectivity index (χ0v) is 10.7. The first-order valence-corrected chi connectivity index (χ1v) is 6.72. The van der Waals surface area contributed by atoms with Crippen LogP contribution in [0.5, 0.6) is 0 Å². The van der Waals surface area contributed by atoms with E-state index in [1.165, 1.54) is 5.56 Å². The van der Waals surface area contributed by atoms with E-state index in [0.29, 0.717) is 6.42 Å². The van der Waals surface area contributed by atoms with Gasteiger partial charge in [-0.05, 0) is 28.7 Å². The van der Waals surface area contributed by atoms with Crippen molar-refractivity contribution in [3.63, 3.8) is 0 Å². The Balaban J connectivity index is 1.97. The van der Waals surface area contributed by atoms with E-state index in [4.69, 9.17) is 0 Å². The highest BCUT2D eigenvalue weighted by Gasteiger charge is 2.43. The van der Waals surface area contributed by atoms with Crippen LogP contribution in [0.15, 0.2) is 42.5 Å². The molecule has 0 saturated heterocycles. The lowest BCUT2D eigenvalue weighted by Crippen LogP contribution is -2.35. The fourth-order valence-corrected chi connectivity index (χ4v) is 3.75. The number of aliphatic hydroxyl groups excluding tert-OH is 1.